The van der Waals surface area contributed by atoms with Crippen LogP contribution in [-0.4, -0.2) is 9.97 Å². The minimum atomic E-state index is -0.428. The van der Waals surface area contributed by atoms with Gasteiger partial charge < -0.3 is 10.5 Å². The quantitative estimate of drug-likeness (QED) is 0.907. The molecule has 0 atom stereocenters. The van der Waals surface area contributed by atoms with E-state index in [1.54, 1.807) is 13.8 Å². The summed E-state index contributed by atoms with van der Waals surface area (Å²) in [5, 5.41) is 0.171. The van der Waals surface area contributed by atoms with Crippen molar-refractivity contribution in [1.29, 1.82) is 0 Å². The van der Waals surface area contributed by atoms with Crippen LogP contribution in [0.2, 0.25) is 5.02 Å². The van der Waals surface area contributed by atoms with Crippen LogP contribution in [0.1, 0.15) is 11.4 Å². The molecule has 1 aromatic heterocycles. The molecular weight excluding hydrogens is 257 g/mol. The number of nitrogen functional groups attached to an aromatic ring is 1. The normalized spacial score (nSPS) is 10.4. The van der Waals surface area contributed by atoms with Crippen molar-refractivity contribution in [1.82, 2.24) is 9.97 Å². The maximum Gasteiger partial charge on any atom is 0.227 e. The molecule has 0 unspecified atom stereocenters. The van der Waals surface area contributed by atoms with Crippen molar-refractivity contribution in [3.05, 3.63) is 40.4 Å². The summed E-state index contributed by atoms with van der Waals surface area (Å²) < 4.78 is 18.4. The van der Waals surface area contributed by atoms with Crippen molar-refractivity contribution < 1.29 is 9.13 Å². The molecule has 0 bridgehead atoms. The zero-order chi connectivity index (χ0) is 13.3. The van der Waals surface area contributed by atoms with Gasteiger partial charge in [-0.05, 0) is 32.0 Å². The molecule has 6 heteroatoms. The second kappa shape index (κ2) is 4.78. The average molecular weight is 268 g/mol. The molecule has 0 fully saturated rings. The number of aromatic nitrogens is 2. The van der Waals surface area contributed by atoms with Crippen LogP contribution in [0.5, 0.6) is 11.6 Å². The Hall–Kier alpha value is -1.88. The van der Waals surface area contributed by atoms with Gasteiger partial charge in [0, 0.05) is 0 Å². The number of halogens is 2. The summed E-state index contributed by atoms with van der Waals surface area (Å²) in [6.45, 7) is 3.44. The van der Waals surface area contributed by atoms with Crippen molar-refractivity contribution in [2.24, 2.45) is 0 Å². The Morgan fingerprint density at radius 2 is 2.00 bits per heavy atom. The topological polar surface area (TPSA) is 61.0 Å². The first-order chi connectivity index (χ1) is 8.47. The molecule has 0 aliphatic rings. The molecule has 18 heavy (non-hydrogen) atoms. The summed E-state index contributed by atoms with van der Waals surface area (Å²) in [5.74, 6) is 1.04. The van der Waals surface area contributed by atoms with Gasteiger partial charge in [0.05, 0.1) is 10.6 Å². The molecule has 2 N–H and O–H groups in total. The van der Waals surface area contributed by atoms with Crippen LogP contribution in [0.4, 0.5) is 10.2 Å². The Morgan fingerprint density at radius 3 is 2.67 bits per heavy atom. The predicted octanol–water partition coefficient (Wildman–Crippen LogP) is 3.26. The molecule has 94 valence electrons. The van der Waals surface area contributed by atoms with Gasteiger partial charge in [-0.15, -0.1) is 0 Å². The Labute approximate surface area is 109 Å². The number of hydrogen-bond acceptors (Lipinski definition) is 4. The van der Waals surface area contributed by atoms with Crippen LogP contribution in [0.3, 0.4) is 0 Å². The summed E-state index contributed by atoms with van der Waals surface area (Å²) >= 11 is 5.87. The molecule has 0 radical (unpaired) electrons. The van der Waals surface area contributed by atoms with E-state index < -0.39 is 5.82 Å². The lowest BCUT2D eigenvalue weighted by Gasteiger charge is -2.10. The maximum absolute atomic E-state index is 12.9. The lowest BCUT2D eigenvalue weighted by Crippen LogP contribution is -2.02. The molecule has 0 aliphatic heterocycles. The minimum Gasteiger partial charge on any atom is -0.437 e. The van der Waals surface area contributed by atoms with Crippen LogP contribution in [0.25, 0.3) is 0 Å². The Bertz CT molecular complexity index is 604. The predicted molar refractivity (Wildman–Crippen MR) is 67.4 cm³/mol. The van der Waals surface area contributed by atoms with Gasteiger partial charge in [0.15, 0.2) is 0 Å². The largest absolute Gasteiger partial charge is 0.437 e. The van der Waals surface area contributed by atoms with E-state index in [-0.39, 0.29) is 5.02 Å². The van der Waals surface area contributed by atoms with E-state index in [2.05, 4.69) is 9.97 Å². The Kier molecular flexibility index (Phi) is 3.34. The lowest BCUT2D eigenvalue weighted by atomic mass is 10.3. The molecule has 0 saturated heterocycles. The molecule has 0 aliphatic carbocycles. The van der Waals surface area contributed by atoms with Gasteiger partial charge in [-0.1, -0.05) is 11.6 Å². The Balaban J connectivity index is 2.40. The second-order valence-corrected chi connectivity index (χ2v) is 4.17. The van der Waals surface area contributed by atoms with E-state index >= 15 is 0 Å². The summed E-state index contributed by atoms with van der Waals surface area (Å²) in [5.41, 5.74) is 6.33. The highest BCUT2D eigenvalue weighted by molar-refractivity contribution is 6.32. The number of nitrogens with two attached hydrogens (primary N) is 1. The summed E-state index contributed by atoms with van der Waals surface area (Å²) in [6.07, 6.45) is 0. The van der Waals surface area contributed by atoms with E-state index in [1.165, 1.54) is 18.2 Å². The summed E-state index contributed by atoms with van der Waals surface area (Å²) in [6, 6.07) is 3.86. The number of anilines is 1. The zero-order valence-corrected chi connectivity index (χ0v) is 10.6. The second-order valence-electron chi connectivity index (χ2n) is 3.76. The van der Waals surface area contributed by atoms with Crippen molar-refractivity contribution in [2.75, 3.05) is 5.73 Å². The first-order valence-electron chi connectivity index (χ1n) is 5.21. The average Bonchev–Trinajstić information content (AvgIpc) is 2.29. The van der Waals surface area contributed by atoms with Crippen molar-refractivity contribution in [3.8, 4) is 11.6 Å². The van der Waals surface area contributed by atoms with Gasteiger partial charge in [-0.2, -0.15) is 4.98 Å². The molecular formula is C12H11ClFN3O. The van der Waals surface area contributed by atoms with E-state index in [1.807, 2.05) is 0 Å². The van der Waals surface area contributed by atoms with Crippen LogP contribution < -0.4 is 10.5 Å². The molecule has 1 heterocycles. The van der Waals surface area contributed by atoms with E-state index in [9.17, 15) is 4.39 Å². The third-order valence-electron chi connectivity index (χ3n) is 2.35. The fourth-order valence-electron chi connectivity index (χ4n) is 1.39. The number of hydrogen-bond donors (Lipinski definition) is 1. The zero-order valence-electron chi connectivity index (χ0n) is 9.87. The number of ether oxygens (including phenoxy) is 1. The highest BCUT2D eigenvalue weighted by Gasteiger charge is 2.11. The highest BCUT2D eigenvalue weighted by Crippen LogP contribution is 2.31. The molecule has 0 saturated carbocycles. The number of rotatable bonds is 2. The fraction of sp³-hybridized carbons (Fsp3) is 0.167. The van der Waals surface area contributed by atoms with E-state index in [0.29, 0.717) is 28.8 Å². The van der Waals surface area contributed by atoms with Crippen molar-refractivity contribution in [3.63, 3.8) is 0 Å². The summed E-state index contributed by atoms with van der Waals surface area (Å²) in [7, 11) is 0. The number of aryl methyl sites for hydroxylation is 1. The third-order valence-corrected chi connectivity index (χ3v) is 2.65. The van der Waals surface area contributed by atoms with Crippen LogP contribution in [0, 0.1) is 19.7 Å². The third kappa shape index (κ3) is 2.51. The minimum absolute atomic E-state index is 0.171. The van der Waals surface area contributed by atoms with Gasteiger partial charge >= 0.3 is 0 Å². The van der Waals surface area contributed by atoms with Gasteiger partial charge in [-0.25, -0.2) is 9.37 Å². The monoisotopic (exact) mass is 267 g/mol. The standard InChI is InChI=1S/C12H11ClFN3O/c1-6-11(15)16-7(2)17-12(6)18-10-4-3-8(14)5-9(10)13/h3-5H,1-2H3,(H2,15,16,17). The van der Waals surface area contributed by atoms with Crippen molar-refractivity contribution >= 4 is 17.4 Å². The smallest absolute Gasteiger partial charge is 0.227 e. The van der Waals surface area contributed by atoms with E-state index in [4.69, 9.17) is 22.1 Å². The summed E-state index contributed by atoms with van der Waals surface area (Å²) in [4.78, 5) is 8.13. The van der Waals surface area contributed by atoms with Gasteiger partial charge in [0.25, 0.3) is 0 Å². The van der Waals surface area contributed by atoms with Crippen LogP contribution in [-0.2, 0) is 0 Å². The van der Waals surface area contributed by atoms with Crippen LogP contribution >= 0.6 is 11.6 Å². The number of benzene rings is 1. The first-order valence-corrected chi connectivity index (χ1v) is 5.59. The molecule has 0 amide bonds. The molecule has 2 aromatic rings. The molecule has 4 nitrogen and oxygen atoms in total. The number of nitrogens with zero attached hydrogens (tertiary/aromatic N) is 2. The van der Waals surface area contributed by atoms with Gasteiger partial charge in [-0.3, -0.25) is 0 Å². The maximum atomic E-state index is 12.9. The highest BCUT2D eigenvalue weighted by atomic mass is 35.5. The molecule has 2 rings (SSSR count). The molecule has 0 spiro atoms. The van der Waals surface area contributed by atoms with E-state index in [0.717, 1.165) is 0 Å². The van der Waals surface area contributed by atoms with Gasteiger partial charge in [0.1, 0.15) is 23.2 Å². The van der Waals surface area contributed by atoms with Crippen LogP contribution in [0.15, 0.2) is 18.2 Å². The first kappa shape index (κ1) is 12.6. The lowest BCUT2D eigenvalue weighted by molar-refractivity contribution is 0.455. The van der Waals surface area contributed by atoms with Gasteiger partial charge in [0.2, 0.25) is 5.88 Å². The SMILES string of the molecule is Cc1nc(N)c(C)c(Oc2ccc(F)cc2Cl)n1. The molecule has 1 aromatic carbocycles. The Morgan fingerprint density at radius 1 is 1.28 bits per heavy atom. The fourth-order valence-corrected chi connectivity index (χ4v) is 1.59. The van der Waals surface area contributed by atoms with Crippen molar-refractivity contribution in [2.45, 2.75) is 13.8 Å².